The van der Waals surface area contributed by atoms with Crippen molar-refractivity contribution in [3.05, 3.63) is 34.6 Å². The fourth-order valence-corrected chi connectivity index (χ4v) is 2.27. The van der Waals surface area contributed by atoms with E-state index < -0.39 is 0 Å². The molecule has 0 aromatic carbocycles. The predicted molar refractivity (Wildman–Crippen MR) is 66.7 cm³/mol. The number of hydrogen-bond acceptors (Lipinski definition) is 5. The first-order valence-electron chi connectivity index (χ1n) is 5.18. The SMILES string of the molecule is CCn1ccnc1CSc1nc(N)cc(=O)[nH]1. The minimum atomic E-state index is -0.237. The Balaban J connectivity index is 2.09. The van der Waals surface area contributed by atoms with Gasteiger partial charge in [0.05, 0.1) is 5.75 Å². The van der Waals surface area contributed by atoms with E-state index in [-0.39, 0.29) is 11.4 Å². The zero-order chi connectivity index (χ0) is 12.3. The quantitative estimate of drug-likeness (QED) is 0.621. The molecule has 0 spiro atoms. The zero-order valence-corrected chi connectivity index (χ0v) is 10.2. The Bertz CT molecular complexity index is 562. The molecule has 0 fully saturated rings. The molecule has 0 aliphatic heterocycles. The summed E-state index contributed by atoms with van der Waals surface area (Å²) in [6.45, 7) is 2.92. The average molecular weight is 251 g/mol. The summed E-state index contributed by atoms with van der Waals surface area (Å²) in [7, 11) is 0. The van der Waals surface area contributed by atoms with Gasteiger partial charge in [-0.25, -0.2) is 9.97 Å². The second-order valence-corrected chi connectivity index (χ2v) is 4.36. The third-order valence-corrected chi connectivity index (χ3v) is 3.09. The number of nitrogens with zero attached hydrogens (tertiary/aromatic N) is 3. The van der Waals surface area contributed by atoms with Crippen molar-refractivity contribution in [3.63, 3.8) is 0 Å². The number of H-pyrrole nitrogens is 1. The van der Waals surface area contributed by atoms with Crippen molar-refractivity contribution >= 4 is 17.6 Å². The Kier molecular flexibility index (Phi) is 3.48. The lowest BCUT2D eigenvalue weighted by Crippen LogP contribution is -2.09. The molecule has 6 nitrogen and oxygen atoms in total. The number of nitrogens with one attached hydrogen (secondary N) is 1. The van der Waals surface area contributed by atoms with Crippen LogP contribution in [0, 0.1) is 0 Å². The smallest absolute Gasteiger partial charge is 0.253 e. The number of anilines is 1. The van der Waals surface area contributed by atoms with Gasteiger partial charge < -0.3 is 15.3 Å². The van der Waals surface area contributed by atoms with Crippen LogP contribution in [0.2, 0.25) is 0 Å². The lowest BCUT2D eigenvalue weighted by molar-refractivity contribution is 0.725. The zero-order valence-electron chi connectivity index (χ0n) is 9.38. The molecule has 90 valence electrons. The number of rotatable bonds is 4. The van der Waals surface area contributed by atoms with Crippen molar-refractivity contribution in [2.75, 3.05) is 5.73 Å². The van der Waals surface area contributed by atoms with Crippen LogP contribution >= 0.6 is 11.8 Å². The second kappa shape index (κ2) is 5.05. The van der Waals surface area contributed by atoms with Gasteiger partial charge in [0.15, 0.2) is 5.16 Å². The summed E-state index contributed by atoms with van der Waals surface area (Å²) >= 11 is 1.41. The van der Waals surface area contributed by atoms with E-state index in [0.717, 1.165) is 12.4 Å². The second-order valence-electron chi connectivity index (χ2n) is 3.39. The van der Waals surface area contributed by atoms with Gasteiger partial charge in [0, 0.05) is 25.0 Å². The number of nitrogen functional groups attached to an aromatic ring is 1. The number of thioether (sulfide) groups is 1. The van der Waals surface area contributed by atoms with Crippen LogP contribution < -0.4 is 11.3 Å². The highest BCUT2D eigenvalue weighted by molar-refractivity contribution is 7.98. The number of nitrogens with two attached hydrogens (primary N) is 1. The van der Waals surface area contributed by atoms with E-state index in [1.165, 1.54) is 17.8 Å². The topological polar surface area (TPSA) is 89.6 Å². The third-order valence-electron chi connectivity index (χ3n) is 2.22. The van der Waals surface area contributed by atoms with Crippen LogP contribution in [0.25, 0.3) is 0 Å². The van der Waals surface area contributed by atoms with Crippen molar-refractivity contribution < 1.29 is 0 Å². The summed E-state index contributed by atoms with van der Waals surface area (Å²) in [6.07, 6.45) is 3.68. The first-order valence-corrected chi connectivity index (χ1v) is 6.17. The minimum absolute atomic E-state index is 0.232. The highest BCUT2D eigenvalue weighted by atomic mass is 32.2. The summed E-state index contributed by atoms with van der Waals surface area (Å²) in [5.41, 5.74) is 5.26. The Morgan fingerprint density at radius 2 is 2.41 bits per heavy atom. The van der Waals surface area contributed by atoms with E-state index in [4.69, 9.17) is 5.73 Å². The molecular formula is C10H13N5OS. The summed E-state index contributed by atoms with van der Waals surface area (Å²) in [4.78, 5) is 22.1. The van der Waals surface area contributed by atoms with Gasteiger partial charge in [-0.2, -0.15) is 0 Å². The number of hydrogen-bond donors (Lipinski definition) is 2. The van der Waals surface area contributed by atoms with Gasteiger partial charge in [0.2, 0.25) is 0 Å². The van der Waals surface area contributed by atoms with Crippen LogP contribution in [0.15, 0.2) is 28.4 Å². The lowest BCUT2D eigenvalue weighted by Gasteiger charge is -2.04. The van der Waals surface area contributed by atoms with Gasteiger partial charge in [-0.1, -0.05) is 11.8 Å². The highest BCUT2D eigenvalue weighted by Gasteiger charge is 2.04. The molecule has 0 bridgehead atoms. The molecule has 2 aromatic rings. The first kappa shape index (κ1) is 11.7. The van der Waals surface area contributed by atoms with Crippen LogP contribution in [0.3, 0.4) is 0 Å². The standard InChI is InChI=1S/C10H13N5OS/c1-2-15-4-3-12-8(15)6-17-10-13-7(11)5-9(16)14-10/h3-5H,2,6H2,1H3,(H3,11,13,14,16). The number of aromatic amines is 1. The lowest BCUT2D eigenvalue weighted by atomic mass is 10.6. The largest absolute Gasteiger partial charge is 0.383 e. The molecule has 3 N–H and O–H groups in total. The van der Waals surface area contributed by atoms with Crippen molar-refractivity contribution in [2.45, 2.75) is 24.4 Å². The molecule has 2 aromatic heterocycles. The summed E-state index contributed by atoms with van der Waals surface area (Å²) in [5.74, 6) is 1.82. The van der Waals surface area contributed by atoms with Crippen LogP contribution in [-0.4, -0.2) is 19.5 Å². The summed E-state index contributed by atoms with van der Waals surface area (Å²) in [6, 6.07) is 1.26. The fourth-order valence-electron chi connectivity index (χ4n) is 1.42. The predicted octanol–water partition coefficient (Wildman–Crippen LogP) is 0.861. The number of aromatic nitrogens is 4. The van der Waals surface area contributed by atoms with Gasteiger partial charge >= 0.3 is 0 Å². The van der Waals surface area contributed by atoms with Crippen molar-refractivity contribution in [2.24, 2.45) is 0 Å². The Morgan fingerprint density at radius 1 is 1.59 bits per heavy atom. The molecule has 0 aliphatic rings. The average Bonchev–Trinajstić information content (AvgIpc) is 2.72. The van der Waals surface area contributed by atoms with Gasteiger partial charge in [-0.3, -0.25) is 4.79 Å². The van der Waals surface area contributed by atoms with Crippen LogP contribution in [0.4, 0.5) is 5.82 Å². The Labute approximate surface area is 102 Å². The van der Waals surface area contributed by atoms with Crippen LogP contribution in [0.5, 0.6) is 0 Å². The van der Waals surface area contributed by atoms with E-state index in [0.29, 0.717) is 10.9 Å². The first-order chi connectivity index (χ1) is 8.19. The maximum absolute atomic E-state index is 11.2. The minimum Gasteiger partial charge on any atom is -0.383 e. The molecule has 0 unspecified atom stereocenters. The summed E-state index contributed by atoms with van der Waals surface area (Å²) in [5, 5.41) is 0.514. The number of aryl methyl sites for hydroxylation is 1. The molecule has 7 heteroatoms. The molecule has 2 rings (SSSR count). The van der Waals surface area contributed by atoms with Gasteiger partial charge in [-0.15, -0.1) is 0 Å². The monoisotopic (exact) mass is 251 g/mol. The molecule has 0 aliphatic carbocycles. The fraction of sp³-hybridized carbons (Fsp3) is 0.300. The van der Waals surface area contributed by atoms with Crippen molar-refractivity contribution in [1.29, 1.82) is 0 Å². The van der Waals surface area contributed by atoms with E-state index in [1.807, 2.05) is 10.8 Å². The normalized spacial score (nSPS) is 10.6. The van der Waals surface area contributed by atoms with E-state index in [9.17, 15) is 4.79 Å². The van der Waals surface area contributed by atoms with Crippen molar-refractivity contribution in [3.8, 4) is 0 Å². The molecule has 0 atom stereocenters. The maximum atomic E-state index is 11.2. The van der Waals surface area contributed by atoms with E-state index in [1.54, 1.807) is 6.20 Å². The third kappa shape index (κ3) is 2.88. The van der Waals surface area contributed by atoms with E-state index in [2.05, 4.69) is 21.9 Å². The van der Waals surface area contributed by atoms with Gasteiger partial charge in [0.1, 0.15) is 11.6 Å². The summed E-state index contributed by atoms with van der Waals surface area (Å²) < 4.78 is 2.04. The molecule has 17 heavy (non-hydrogen) atoms. The highest BCUT2D eigenvalue weighted by Crippen LogP contribution is 2.17. The van der Waals surface area contributed by atoms with Gasteiger partial charge in [0.25, 0.3) is 5.56 Å². The van der Waals surface area contributed by atoms with E-state index >= 15 is 0 Å². The Hall–Kier alpha value is -1.76. The molecule has 0 radical (unpaired) electrons. The molecule has 2 heterocycles. The van der Waals surface area contributed by atoms with Crippen LogP contribution in [-0.2, 0) is 12.3 Å². The van der Waals surface area contributed by atoms with Gasteiger partial charge in [-0.05, 0) is 6.92 Å². The Morgan fingerprint density at radius 3 is 3.12 bits per heavy atom. The van der Waals surface area contributed by atoms with Crippen LogP contribution in [0.1, 0.15) is 12.7 Å². The molecular weight excluding hydrogens is 238 g/mol. The molecule has 0 saturated carbocycles. The number of imidazole rings is 1. The van der Waals surface area contributed by atoms with Crippen molar-refractivity contribution in [1.82, 2.24) is 19.5 Å². The molecule has 0 saturated heterocycles. The maximum Gasteiger partial charge on any atom is 0.253 e. The molecule has 0 amide bonds.